The maximum absolute atomic E-state index is 5.90. The molecule has 0 saturated carbocycles. The van der Waals surface area contributed by atoms with Gasteiger partial charge in [-0.25, -0.2) is 0 Å². The largest absolute Gasteiger partial charge is 1.00 e. The van der Waals surface area contributed by atoms with Crippen LogP contribution in [-0.4, -0.2) is 64.0 Å². The Kier molecular flexibility index (Phi) is 35.3. The van der Waals surface area contributed by atoms with E-state index in [1.807, 2.05) is 5.38 Å². The Bertz CT molecular complexity index is 1050. The molecule has 0 radical (unpaired) electrons. The summed E-state index contributed by atoms with van der Waals surface area (Å²) in [6.07, 6.45) is 2.28. The molecule has 4 aromatic heterocycles. The Morgan fingerprint density at radius 2 is 1.39 bits per heavy atom. The molecular weight excluding hydrogens is 796 g/mol. The number of unbranched alkanes of at least 4 members (excludes halogenated alkanes) is 1. The fraction of sp³-hybridized carbons (Fsp3) is 0.542. The fourth-order valence-electron chi connectivity index (χ4n) is 2.13. The smallest absolute Gasteiger partial charge is 0.343 e. The minimum atomic E-state index is 0. The van der Waals surface area contributed by atoms with Crippen LogP contribution in [0.1, 0.15) is 62.3 Å². The van der Waals surface area contributed by atoms with Crippen LogP contribution in [0.15, 0.2) is 21.3 Å². The molecule has 0 unspecified atom stereocenters. The summed E-state index contributed by atoms with van der Waals surface area (Å²) in [6.45, 7) is 14.3. The van der Waals surface area contributed by atoms with Gasteiger partial charge in [-0.3, -0.25) is 0 Å². The second kappa shape index (κ2) is 30.2. The molecule has 4 aromatic rings. The number of H-pyrrole nitrogens is 2. The van der Waals surface area contributed by atoms with Crippen molar-refractivity contribution in [2.45, 2.75) is 74.4 Å². The van der Waals surface area contributed by atoms with Crippen molar-refractivity contribution in [1.82, 2.24) is 46.6 Å². The molecule has 0 aromatic carbocycles. The van der Waals surface area contributed by atoms with Crippen LogP contribution in [0.2, 0.25) is 10.0 Å². The Hall–Kier alpha value is 0.117. The van der Waals surface area contributed by atoms with E-state index in [-0.39, 0.29) is 33.7 Å². The van der Waals surface area contributed by atoms with Crippen molar-refractivity contribution in [3.8, 4) is 21.4 Å². The summed E-state index contributed by atoms with van der Waals surface area (Å²) in [4.78, 5) is 1.66. The first-order valence-corrected chi connectivity index (χ1v) is 16.9. The zero-order valence-electron chi connectivity index (χ0n) is 22.8. The number of rotatable bonds is 6. The Morgan fingerprint density at radius 1 is 0.927 bits per heavy atom. The van der Waals surface area contributed by atoms with Gasteiger partial charge in [0.2, 0.25) is 11.6 Å². The van der Waals surface area contributed by atoms with Crippen LogP contribution in [0.5, 0.6) is 0 Å². The molecule has 41 heavy (non-hydrogen) atoms. The van der Waals surface area contributed by atoms with Crippen molar-refractivity contribution in [3.05, 3.63) is 38.3 Å². The number of nitrogens with zero attached hydrogens (tertiary/aromatic N) is 6. The number of aromatic amines is 2. The van der Waals surface area contributed by atoms with Gasteiger partial charge in [-0.05, 0) is 43.9 Å². The Labute approximate surface area is 301 Å². The topological polar surface area (TPSA) is 121 Å². The zero-order valence-corrected chi connectivity index (χ0v) is 30.7. The molecule has 0 aliphatic rings. The van der Waals surface area contributed by atoms with Crippen molar-refractivity contribution in [1.29, 1.82) is 0 Å². The third-order valence-electron chi connectivity index (χ3n) is 3.46. The van der Waals surface area contributed by atoms with Gasteiger partial charge in [0, 0.05) is 22.7 Å². The van der Waals surface area contributed by atoms with E-state index in [9.17, 15) is 0 Å². The number of aromatic nitrogens is 8. The molecule has 0 saturated heterocycles. The average Bonchev–Trinajstić information content (AvgIpc) is 3.68. The molecule has 0 atom stereocenters. The number of thiophene rings is 2. The summed E-state index contributed by atoms with van der Waals surface area (Å²) in [5, 5.41) is 35.4. The molecule has 0 fully saturated rings. The van der Waals surface area contributed by atoms with Gasteiger partial charge in [-0.15, -0.1) is 43.1 Å². The molecule has 3 N–H and O–H groups in total. The standard InChI is InChI=1S/C6H15N.C5H2BrClN4S.C5H3ClN4S.C4H9.C2H4Br2.2CH4.Li/c1-5(2)7-6(3)4;6-3-1-2(7)4(12-3)5-8-10-11-9-5;6-3-1-2-11-4(3)5-7-9-10-8-5;1-3-4-2;3-1-2-4;;;/h5-7H,1-4H3;1H,(H,8,9,10,11);1-2H,(H,7,8,9,10);1,3-4H2,2H3;1-2H2;2*1H4;/q;;;-1;;;;+1. The van der Waals surface area contributed by atoms with Gasteiger partial charge in [0.25, 0.3) is 0 Å². The summed E-state index contributed by atoms with van der Waals surface area (Å²) < 4.78 is 0.951. The van der Waals surface area contributed by atoms with E-state index in [4.69, 9.17) is 23.2 Å². The number of alkyl halides is 2. The number of hydrogen-bond donors (Lipinski definition) is 3. The molecule has 9 nitrogen and oxygen atoms in total. The molecule has 0 spiro atoms. The van der Waals surface area contributed by atoms with Crippen LogP contribution in [0, 0.1) is 6.92 Å². The fourth-order valence-corrected chi connectivity index (χ4v) is 5.12. The minimum absolute atomic E-state index is 0. The van der Waals surface area contributed by atoms with Gasteiger partial charge < -0.3 is 12.2 Å². The van der Waals surface area contributed by atoms with E-state index in [1.165, 1.54) is 29.1 Å². The van der Waals surface area contributed by atoms with Gasteiger partial charge in [0.1, 0.15) is 0 Å². The van der Waals surface area contributed by atoms with Crippen molar-refractivity contribution >= 4 is 93.7 Å². The maximum atomic E-state index is 5.90. The van der Waals surface area contributed by atoms with Crippen LogP contribution in [0.25, 0.3) is 21.4 Å². The van der Waals surface area contributed by atoms with Gasteiger partial charge in [-0.1, -0.05) is 111 Å². The van der Waals surface area contributed by atoms with Crippen LogP contribution in [0.4, 0.5) is 0 Å². The van der Waals surface area contributed by atoms with Gasteiger partial charge >= 0.3 is 18.9 Å². The van der Waals surface area contributed by atoms with E-state index in [1.54, 1.807) is 12.1 Å². The Balaban J connectivity index is -0.000000220. The molecule has 4 rings (SSSR count). The molecule has 0 aliphatic heterocycles. The van der Waals surface area contributed by atoms with Crippen molar-refractivity contribution in [2.75, 3.05) is 10.7 Å². The predicted octanol–water partition coefficient (Wildman–Crippen LogP) is 6.99. The van der Waals surface area contributed by atoms with E-state index in [2.05, 4.69) is 136 Å². The predicted molar refractivity (Wildman–Crippen MR) is 187 cm³/mol. The summed E-state index contributed by atoms with van der Waals surface area (Å²) in [5.41, 5.74) is 0. The van der Waals surface area contributed by atoms with Gasteiger partial charge in [0.15, 0.2) is 0 Å². The number of nitrogens with one attached hydrogen (secondary N) is 3. The van der Waals surface area contributed by atoms with Crippen LogP contribution in [0.3, 0.4) is 0 Å². The normalized spacial score (nSPS) is 9.20. The molecule has 4 heterocycles. The van der Waals surface area contributed by atoms with Crippen LogP contribution in [-0.2, 0) is 0 Å². The summed E-state index contributed by atoms with van der Waals surface area (Å²) in [5.74, 6) is 1.07. The quantitative estimate of drug-likeness (QED) is 0.109. The molecule has 0 amide bonds. The molecular formula is C24H41Br3Cl2LiN9S2. The number of halogens is 5. The van der Waals surface area contributed by atoms with Crippen LogP contribution >= 0.6 is 93.7 Å². The first-order valence-electron chi connectivity index (χ1n) is 11.4. The van der Waals surface area contributed by atoms with Gasteiger partial charge in [0.05, 0.1) is 23.6 Å². The third-order valence-corrected chi connectivity index (χ3v) is 8.70. The Morgan fingerprint density at radius 3 is 1.63 bits per heavy atom. The van der Waals surface area contributed by atoms with Crippen molar-refractivity contribution < 1.29 is 18.9 Å². The zero-order chi connectivity index (χ0) is 28.9. The number of tetrazole rings is 2. The van der Waals surface area contributed by atoms with E-state index in [0.29, 0.717) is 33.8 Å². The first-order chi connectivity index (χ1) is 18.1. The SMILES string of the molecule is BrCCBr.C.C.CC(C)NC(C)C.Clc1cc(Br)sc1-c1nn[nH]n1.Clc1ccsc1-c1nn[nH]n1.[CH2-]CCC.[Li+]. The minimum Gasteiger partial charge on any atom is -0.343 e. The second-order valence-electron chi connectivity index (χ2n) is 7.50. The number of hydrogen-bond acceptors (Lipinski definition) is 9. The molecule has 230 valence electrons. The second-order valence-corrected chi connectivity index (χ2v) is 13.3. The molecule has 0 bridgehead atoms. The van der Waals surface area contributed by atoms with Crippen molar-refractivity contribution in [2.24, 2.45) is 0 Å². The summed E-state index contributed by atoms with van der Waals surface area (Å²) >= 11 is 24.4. The van der Waals surface area contributed by atoms with Crippen molar-refractivity contribution in [3.63, 3.8) is 0 Å². The average molecular weight is 837 g/mol. The van der Waals surface area contributed by atoms with Gasteiger partial charge in [-0.2, -0.15) is 16.8 Å². The van der Waals surface area contributed by atoms with E-state index >= 15 is 0 Å². The first kappa shape index (κ1) is 48.0. The summed E-state index contributed by atoms with van der Waals surface area (Å²) in [7, 11) is 0. The van der Waals surface area contributed by atoms with Crippen LogP contribution < -0.4 is 24.2 Å². The molecule has 17 heteroatoms. The van der Waals surface area contributed by atoms with E-state index < -0.39 is 0 Å². The third kappa shape index (κ3) is 23.2. The van der Waals surface area contributed by atoms with E-state index in [0.717, 1.165) is 30.6 Å². The monoisotopic (exact) mass is 833 g/mol. The molecule has 0 aliphatic carbocycles. The summed E-state index contributed by atoms with van der Waals surface area (Å²) in [6, 6.07) is 4.86. The maximum Gasteiger partial charge on any atom is 1.00 e.